The Labute approximate surface area is 168 Å². The molecule has 9 heteroatoms. The Balaban J connectivity index is 0.00000338. The minimum Gasteiger partial charge on any atom is -0.357 e. The van der Waals surface area contributed by atoms with Gasteiger partial charge in [-0.05, 0) is 37.5 Å². The molecular weight excluding hydrogens is 460 g/mol. The molecule has 0 saturated carbocycles. The van der Waals surface area contributed by atoms with Crippen LogP contribution in [0.15, 0.2) is 29.3 Å². The number of nitrogens with zero attached hydrogens (tertiary/aromatic N) is 2. The number of amides is 1. The van der Waals surface area contributed by atoms with Crippen molar-refractivity contribution in [3.05, 3.63) is 35.4 Å². The summed E-state index contributed by atoms with van der Waals surface area (Å²) in [5.41, 5.74) is -0.236. The topological polar surface area (TPSA) is 56.7 Å². The lowest BCUT2D eigenvalue weighted by atomic mass is 10.1. The maximum Gasteiger partial charge on any atom is 0.416 e. The Bertz CT molecular complexity index is 616. The third kappa shape index (κ3) is 7.00. The number of carbonyl (C=O) groups is 1. The van der Waals surface area contributed by atoms with Crippen LogP contribution in [0.25, 0.3) is 0 Å². The molecule has 146 valence electrons. The van der Waals surface area contributed by atoms with Gasteiger partial charge in [-0.25, -0.2) is 4.99 Å². The van der Waals surface area contributed by atoms with Crippen molar-refractivity contribution in [3.63, 3.8) is 0 Å². The highest BCUT2D eigenvalue weighted by Crippen LogP contribution is 2.29. The second-order valence-electron chi connectivity index (χ2n) is 5.83. The number of aliphatic imine (C=N–C) groups is 1. The highest BCUT2D eigenvalue weighted by atomic mass is 127. The van der Waals surface area contributed by atoms with E-state index in [-0.39, 0.29) is 43.0 Å². The van der Waals surface area contributed by atoms with Crippen molar-refractivity contribution in [2.24, 2.45) is 4.99 Å². The summed E-state index contributed by atoms with van der Waals surface area (Å²) in [6.45, 7) is 4.23. The molecule has 1 saturated heterocycles. The van der Waals surface area contributed by atoms with Crippen LogP contribution in [0.2, 0.25) is 0 Å². The number of alkyl halides is 3. The van der Waals surface area contributed by atoms with Gasteiger partial charge in [-0.2, -0.15) is 13.2 Å². The summed E-state index contributed by atoms with van der Waals surface area (Å²) >= 11 is 0. The van der Waals surface area contributed by atoms with Gasteiger partial charge in [-0.3, -0.25) is 4.79 Å². The van der Waals surface area contributed by atoms with Crippen LogP contribution in [-0.2, 0) is 17.5 Å². The van der Waals surface area contributed by atoms with Gasteiger partial charge in [0.05, 0.1) is 18.7 Å². The van der Waals surface area contributed by atoms with Crippen LogP contribution in [0.5, 0.6) is 0 Å². The number of rotatable bonds is 5. The molecular formula is C17H24F3IN4O. The van der Waals surface area contributed by atoms with Gasteiger partial charge in [-0.15, -0.1) is 24.0 Å². The van der Waals surface area contributed by atoms with Gasteiger partial charge in [0.15, 0.2) is 5.96 Å². The molecule has 0 spiro atoms. The van der Waals surface area contributed by atoms with E-state index in [1.54, 1.807) is 11.0 Å². The molecule has 0 radical (unpaired) electrons. The molecule has 1 amide bonds. The monoisotopic (exact) mass is 484 g/mol. The van der Waals surface area contributed by atoms with Gasteiger partial charge in [0.1, 0.15) is 0 Å². The summed E-state index contributed by atoms with van der Waals surface area (Å²) < 4.78 is 38.2. The van der Waals surface area contributed by atoms with Gasteiger partial charge < -0.3 is 15.5 Å². The molecule has 5 nitrogen and oxygen atoms in total. The summed E-state index contributed by atoms with van der Waals surface area (Å²) in [6.07, 6.45) is -2.32. The van der Waals surface area contributed by atoms with Gasteiger partial charge in [0.25, 0.3) is 0 Å². The predicted molar refractivity (Wildman–Crippen MR) is 105 cm³/mol. The van der Waals surface area contributed by atoms with Crippen molar-refractivity contribution in [1.82, 2.24) is 15.5 Å². The Morgan fingerprint density at radius 3 is 2.54 bits per heavy atom. The molecule has 0 aliphatic carbocycles. The third-order valence-electron chi connectivity index (χ3n) is 3.88. The summed E-state index contributed by atoms with van der Waals surface area (Å²) in [5, 5.41) is 5.93. The number of guanidine groups is 1. The molecule has 1 aromatic rings. The minimum atomic E-state index is -4.37. The number of hydrogen-bond donors (Lipinski definition) is 2. The fourth-order valence-electron chi connectivity index (χ4n) is 2.60. The first-order valence-electron chi connectivity index (χ1n) is 8.36. The predicted octanol–water partition coefficient (Wildman–Crippen LogP) is 3.00. The Kier molecular flexibility index (Phi) is 9.17. The lowest BCUT2D eigenvalue weighted by molar-refractivity contribution is -0.137. The molecule has 1 aliphatic rings. The van der Waals surface area contributed by atoms with E-state index in [0.29, 0.717) is 18.1 Å². The largest absolute Gasteiger partial charge is 0.416 e. The standard InChI is InChI=1S/C17H23F3N4O.HI/c1-2-21-16(23-12-15(25)24-8-3-4-9-24)22-11-13-6-5-7-14(10-13)17(18,19)20;/h5-7,10H,2-4,8-9,11-12H2,1H3,(H2,21,22,23);1H. The molecule has 0 atom stereocenters. The highest BCUT2D eigenvalue weighted by molar-refractivity contribution is 14.0. The molecule has 0 unspecified atom stereocenters. The van der Waals surface area contributed by atoms with E-state index in [4.69, 9.17) is 0 Å². The lowest BCUT2D eigenvalue weighted by Gasteiger charge is -2.17. The van der Waals surface area contributed by atoms with Crippen LogP contribution < -0.4 is 10.6 Å². The molecule has 0 aromatic heterocycles. The number of benzene rings is 1. The normalized spacial score (nSPS) is 14.8. The Hall–Kier alpha value is -1.52. The van der Waals surface area contributed by atoms with Crippen molar-refractivity contribution in [3.8, 4) is 0 Å². The van der Waals surface area contributed by atoms with E-state index in [9.17, 15) is 18.0 Å². The number of likely N-dealkylation sites (tertiary alicyclic amines) is 1. The molecule has 0 bridgehead atoms. The highest BCUT2D eigenvalue weighted by Gasteiger charge is 2.30. The second kappa shape index (κ2) is 10.6. The SMILES string of the molecule is CCNC(=NCc1cccc(C(F)(F)F)c1)NCC(=O)N1CCCC1.I. The molecule has 1 heterocycles. The quantitative estimate of drug-likeness (QED) is 0.384. The van der Waals surface area contributed by atoms with E-state index < -0.39 is 11.7 Å². The molecule has 2 rings (SSSR count). The number of nitrogens with one attached hydrogen (secondary N) is 2. The van der Waals surface area contributed by atoms with Gasteiger partial charge in [0.2, 0.25) is 5.91 Å². The summed E-state index contributed by atoms with van der Waals surface area (Å²) in [7, 11) is 0. The number of halogens is 4. The van der Waals surface area contributed by atoms with Crippen LogP contribution >= 0.6 is 24.0 Å². The van der Waals surface area contributed by atoms with E-state index in [0.717, 1.165) is 38.1 Å². The first-order valence-corrected chi connectivity index (χ1v) is 8.36. The van der Waals surface area contributed by atoms with E-state index in [1.165, 1.54) is 6.07 Å². The smallest absolute Gasteiger partial charge is 0.357 e. The maximum atomic E-state index is 12.7. The van der Waals surface area contributed by atoms with Gasteiger partial charge in [0, 0.05) is 19.6 Å². The average Bonchev–Trinajstić information content (AvgIpc) is 3.11. The zero-order valence-corrected chi connectivity index (χ0v) is 16.9. The Morgan fingerprint density at radius 1 is 1.23 bits per heavy atom. The number of carbonyl (C=O) groups excluding carboxylic acids is 1. The van der Waals surface area contributed by atoms with Crippen molar-refractivity contribution < 1.29 is 18.0 Å². The Morgan fingerprint density at radius 2 is 1.92 bits per heavy atom. The van der Waals surface area contributed by atoms with Crippen molar-refractivity contribution in [1.29, 1.82) is 0 Å². The summed E-state index contributed by atoms with van der Waals surface area (Å²) in [5.74, 6) is 0.412. The summed E-state index contributed by atoms with van der Waals surface area (Å²) in [6, 6.07) is 5.08. The van der Waals surface area contributed by atoms with Crippen LogP contribution in [0.4, 0.5) is 13.2 Å². The van der Waals surface area contributed by atoms with Crippen molar-refractivity contribution in [2.45, 2.75) is 32.5 Å². The van der Waals surface area contributed by atoms with Crippen LogP contribution in [0.3, 0.4) is 0 Å². The first kappa shape index (κ1) is 22.5. The minimum absolute atomic E-state index is 0. The zero-order chi connectivity index (χ0) is 18.3. The van der Waals surface area contributed by atoms with Crippen LogP contribution in [0, 0.1) is 0 Å². The maximum absolute atomic E-state index is 12.7. The molecule has 1 fully saturated rings. The fraction of sp³-hybridized carbons (Fsp3) is 0.529. The first-order chi connectivity index (χ1) is 11.9. The van der Waals surface area contributed by atoms with Gasteiger partial charge >= 0.3 is 6.18 Å². The van der Waals surface area contributed by atoms with E-state index in [2.05, 4.69) is 15.6 Å². The van der Waals surface area contributed by atoms with Crippen LogP contribution in [-0.4, -0.2) is 42.9 Å². The summed E-state index contributed by atoms with van der Waals surface area (Å²) in [4.78, 5) is 18.1. The van der Waals surface area contributed by atoms with Crippen molar-refractivity contribution >= 4 is 35.8 Å². The average molecular weight is 484 g/mol. The molecule has 2 N–H and O–H groups in total. The number of hydrogen-bond acceptors (Lipinski definition) is 2. The van der Waals surface area contributed by atoms with E-state index in [1.807, 2.05) is 6.92 Å². The van der Waals surface area contributed by atoms with Crippen molar-refractivity contribution in [2.75, 3.05) is 26.2 Å². The lowest BCUT2D eigenvalue weighted by Crippen LogP contribution is -2.44. The van der Waals surface area contributed by atoms with E-state index >= 15 is 0 Å². The van der Waals surface area contributed by atoms with Gasteiger partial charge in [-0.1, -0.05) is 12.1 Å². The second-order valence-corrected chi connectivity index (χ2v) is 5.83. The zero-order valence-electron chi connectivity index (χ0n) is 14.6. The molecule has 1 aliphatic heterocycles. The van der Waals surface area contributed by atoms with Crippen LogP contribution in [0.1, 0.15) is 30.9 Å². The third-order valence-corrected chi connectivity index (χ3v) is 3.88. The molecule has 26 heavy (non-hydrogen) atoms. The molecule has 1 aromatic carbocycles. The fourth-order valence-corrected chi connectivity index (χ4v) is 2.60.